The third-order valence-electron chi connectivity index (χ3n) is 9.63. The molecule has 7 aliphatic rings. The number of rotatable bonds is 8. The molecule has 0 N–H and O–H groups in total. The van der Waals surface area contributed by atoms with E-state index in [0.717, 1.165) is 39.2 Å². The van der Waals surface area contributed by atoms with Gasteiger partial charge in [0.05, 0.1) is 38.6 Å². The average Bonchev–Trinajstić information content (AvgIpc) is 3.68. The first-order valence-corrected chi connectivity index (χ1v) is 16.6. The SMILES string of the molecule is CC#N.CC#N.CCOC(=O)C12N3COCN1C(=O)N1CN4C(=O)N5COCN6C(=O)N(CN(C3=O)C12C(=O)OCC)C4(C(=O)OCC)C65C(=O)OCC. The Morgan fingerprint density at radius 1 is 0.500 bits per heavy atom. The van der Waals surface area contributed by atoms with E-state index in [2.05, 4.69) is 0 Å². The van der Waals surface area contributed by atoms with E-state index in [0.29, 0.717) is 0 Å². The van der Waals surface area contributed by atoms with Crippen molar-refractivity contribution < 1.29 is 66.8 Å². The van der Waals surface area contributed by atoms with Gasteiger partial charge in [-0.2, -0.15) is 10.5 Å². The molecule has 0 aromatic heterocycles. The van der Waals surface area contributed by atoms with Crippen molar-refractivity contribution in [2.75, 3.05) is 66.7 Å². The fourth-order valence-corrected chi connectivity index (χ4v) is 8.13. The van der Waals surface area contributed by atoms with Crippen LogP contribution in [0.1, 0.15) is 41.5 Å². The molecular formula is C30H38N10O14. The van der Waals surface area contributed by atoms with Gasteiger partial charge in [0.15, 0.2) is 0 Å². The second-order valence-corrected chi connectivity index (χ2v) is 11.8. The summed E-state index contributed by atoms with van der Waals surface area (Å²) < 4.78 is 32.7. The van der Waals surface area contributed by atoms with Gasteiger partial charge >= 0.3 is 48.0 Å². The first kappa shape index (κ1) is 39.1. The van der Waals surface area contributed by atoms with Crippen LogP contribution in [0.2, 0.25) is 0 Å². The van der Waals surface area contributed by atoms with Gasteiger partial charge in [0.2, 0.25) is 0 Å². The number of hydrogen-bond donors (Lipinski definition) is 0. The number of ether oxygens (including phenoxy) is 6. The number of nitriles is 2. The highest BCUT2D eigenvalue weighted by Gasteiger charge is 2.93. The Kier molecular flexibility index (Phi) is 10.1. The molecule has 0 aromatic carbocycles. The summed E-state index contributed by atoms with van der Waals surface area (Å²) in [5, 5.41) is 14.6. The van der Waals surface area contributed by atoms with Crippen molar-refractivity contribution in [3.63, 3.8) is 0 Å². The van der Waals surface area contributed by atoms with Crippen molar-refractivity contribution >= 4 is 48.0 Å². The van der Waals surface area contributed by atoms with E-state index in [-0.39, 0.29) is 26.4 Å². The first-order valence-electron chi connectivity index (χ1n) is 16.6. The van der Waals surface area contributed by atoms with Crippen LogP contribution in [0.25, 0.3) is 0 Å². The number of urea groups is 4. The van der Waals surface area contributed by atoms with Crippen LogP contribution < -0.4 is 0 Å². The van der Waals surface area contributed by atoms with Crippen LogP contribution in [-0.4, -0.2) is 177 Å². The topological polar surface area (TPSA) is 265 Å². The van der Waals surface area contributed by atoms with Crippen molar-refractivity contribution in [3.8, 4) is 12.1 Å². The molecule has 7 saturated heterocycles. The van der Waals surface area contributed by atoms with Crippen molar-refractivity contribution in [1.29, 1.82) is 10.5 Å². The molecule has 0 aliphatic carbocycles. The van der Waals surface area contributed by atoms with Crippen LogP contribution in [0.5, 0.6) is 0 Å². The van der Waals surface area contributed by atoms with Gasteiger partial charge in [-0.25, -0.2) is 38.4 Å². The predicted molar refractivity (Wildman–Crippen MR) is 168 cm³/mol. The maximum atomic E-state index is 14.5. The lowest BCUT2D eigenvalue weighted by atomic mass is 9.88. The largest absolute Gasteiger partial charge is 0.463 e. The summed E-state index contributed by atoms with van der Waals surface area (Å²) in [5.74, 6) is -4.97. The lowest BCUT2D eigenvalue weighted by molar-refractivity contribution is -0.226. The quantitative estimate of drug-likeness (QED) is 0.209. The minimum atomic E-state index is -2.76. The van der Waals surface area contributed by atoms with E-state index in [1.807, 2.05) is 0 Å². The van der Waals surface area contributed by atoms with E-state index in [4.69, 9.17) is 38.9 Å². The third-order valence-corrected chi connectivity index (χ3v) is 9.63. The van der Waals surface area contributed by atoms with E-state index in [1.165, 1.54) is 41.5 Å². The maximum absolute atomic E-state index is 14.5. The number of hydrogen-bond acceptors (Lipinski definition) is 16. The van der Waals surface area contributed by atoms with Crippen LogP contribution in [0, 0.1) is 22.7 Å². The molecule has 0 bridgehead atoms. The number of nitrogens with zero attached hydrogens (tertiary/aromatic N) is 10. The molecule has 24 heteroatoms. The highest BCUT2D eigenvalue weighted by Crippen LogP contribution is 2.60. The van der Waals surface area contributed by atoms with Gasteiger partial charge in [0.1, 0.15) is 40.3 Å². The van der Waals surface area contributed by atoms with Crippen LogP contribution in [0.3, 0.4) is 0 Å². The van der Waals surface area contributed by atoms with Gasteiger partial charge in [-0.05, 0) is 27.7 Å². The van der Waals surface area contributed by atoms with E-state index in [9.17, 15) is 38.4 Å². The minimum Gasteiger partial charge on any atom is -0.463 e. The third kappa shape index (κ3) is 4.22. The summed E-state index contributed by atoms with van der Waals surface area (Å²) in [4.78, 5) is 122. The standard InChI is InChI=1S/C26H32N8O14.2C2H3N/c1-5-45-15(35)23-25(17(37)47-7-3)31-11-43-12-32(25)20(40)28(23)10-30-22(42)34-14-44-13-33-21(41)29(9-27(23)19(31)39)24(30,16(36)46-6-2)26(33,34)18(38)48-8-4;2*1-2-3/h5-14H2,1-4H3;2*1H3. The van der Waals surface area contributed by atoms with Gasteiger partial charge in [-0.1, -0.05) is 0 Å². The molecule has 7 fully saturated rings. The van der Waals surface area contributed by atoms with E-state index >= 15 is 0 Å². The number of esters is 4. The number of carbonyl (C=O) groups is 8. The second kappa shape index (κ2) is 14.0. The molecule has 24 nitrogen and oxygen atoms in total. The summed E-state index contributed by atoms with van der Waals surface area (Å²) in [6.07, 6.45) is 0. The van der Waals surface area contributed by atoms with Gasteiger partial charge in [-0.15, -0.1) is 0 Å². The van der Waals surface area contributed by atoms with Gasteiger partial charge < -0.3 is 28.4 Å². The molecule has 0 saturated carbocycles. The zero-order valence-corrected chi connectivity index (χ0v) is 30.3. The summed E-state index contributed by atoms with van der Waals surface area (Å²) in [5.41, 5.74) is -10.7. The van der Waals surface area contributed by atoms with E-state index < -0.39 is 111 Å². The van der Waals surface area contributed by atoms with Crippen LogP contribution in [-0.2, 0) is 47.6 Å². The normalized spacial score (nSPS) is 29.4. The predicted octanol–water partition coefficient (Wildman–Crippen LogP) is -1.15. The van der Waals surface area contributed by atoms with Crippen LogP contribution in [0.4, 0.5) is 19.2 Å². The molecule has 7 heterocycles. The lowest BCUT2D eigenvalue weighted by Gasteiger charge is -2.51. The Balaban J connectivity index is 0.000000878. The molecule has 7 aliphatic heterocycles. The zero-order valence-electron chi connectivity index (χ0n) is 30.3. The minimum absolute atomic E-state index is 0.239. The molecule has 54 heavy (non-hydrogen) atoms. The van der Waals surface area contributed by atoms with Gasteiger partial charge in [0, 0.05) is 13.8 Å². The van der Waals surface area contributed by atoms with Crippen LogP contribution in [0.15, 0.2) is 0 Å². The molecule has 8 amide bonds. The monoisotopic (exact) mass is 762 g/mol. The molecule has 0 radical (unpaired) electrons. The van der Waals surface area contributed by atoms with Gasteiger partial charge in [0.25, 0.3) is 22.7 Å². The van der Waals surface area contributed by atoms with Crippen molar-refractivity contribution in [2.24, 2.45) is 0 Å². The molecule has 0 unspecified atom stereocenters. The van der Waals surface area contributed by atoms with Gasteiger partial charge in [-0.3, -0.25) is 39.2 Å². The Labute approximate surface area is 307 Å². The smallest absolute Gasteiger partial charge is 0.359 e. The molecule has 0 spiro atoms. The maximum Gasteiger partial charge on any atom is 0.359 e. The number of carbonyl (C=O) groups excluding carboxylic acids is 8. The fourth-order valence-electron chi connectivity index (χ4n) is 8.13. The second-order valence-electron chi connectivity index (χ2n) is 11.8. The Morgan fingerprint density at radius 2 is 0.685 bits per heavy atom. The van der Waals surface area contributed by atoms with Crippen LogP contribution >= 0.6 is 0 Å². The highest BCUT2D eigenvalue weighted by molar-refractivity contribution is 6.12. The molecule has 292 valence electrons. The molecular weight excluding hydrogens is 724 g/mol. The zero-order chi connectivity index (χ0) is 40.0. The van der Waals surface area contributed by atoms with Crippen molar-refractivity contribution in [1.82, 2.24) is 39.2 Å². The summed E-state index contributed by atoms with van der Waals surface area (Å²) in [7, 11) is 0. The first-order chi connectivity index (χ1) is 25.8. The fraction of sp³-hybridized carbons (Fsp3) is 0.667. The molecule has 0 atom stereocenters. The van der Waals surface area contributed by atoms with E-state index in [1.54, 1.807) is 12.1 Å². The van der Waals surface area contributed by atoms with Crippen molar-refractivity contribution in [2.45, 2.75) is 64.2 Å². The Hall–Kier alpha value is -6.14. The number of amides is 8. The average molecular weight is 763 g/mol. The summed E-state index contributed by atoms with van der Waals surface area (Å²) in [6, 6.07) is -0.922. The molecule has 7 rings (SSSR count). The molecule has 0 aromatic rings. The summed E-state index contributed by atoms with van der Waals surface area (Å²) >= 11 is 0. The lowest BCUT2D eigenvalue weighted by Crippen LogP contribution is -2.82. The Bertz CT molecular complexity index is 1560. The highest BCUT2D eigenvalue weighted by atomic mass is 16.6. The summed E-state index contributed by atoms with van der Waals surface area (Å²) in [6.45, 7) is 3.05. The van der Waals surface area contributed by atoms with Crippen molar-refractivity contribution in [3.05, 3.63) is 0 Å². The Morgan fingerprint density at radius 3 is 0.870 bits per heavy atom.